The molecule has 36 heavy (non-hydrogen) atoms. The highest BCUT2D eigenvalue weighted by molar-refractivity contribution is 7.09. The second-order valence-corrected chi connectivity index (χ2v) is 12.5. The number of nitrogens with zero attached hydrogens (tertiary/aromatic N) is 2. The Kier molecular flexibility index (Phi) is 8.80. The standard InChI is InChI=1S/C28H40N2O5S/c1-16-9-8-10-28(7)23(35-28)13-22(17(2)11-21-15-36-19(4)30-21)34-24(31)12-20(14-29)27(5,6)26(33)18(3)25(16)32/h11,15-16,18,20,22-23,25,32H,8-10,12-13H2,1-7H3/b17-11+/t16-,18+,20?,22?,23-,25-,28?/m0/s1. The lowest BCUT2D eigenvalue weighted by atomic mass is 9.69. The van der Waals surface area contributed by atoms with E-state index in [1.54, 1.807) is 32.1 Å². The molecule has 2 aliphatic rings. The molecule has 1 aromatic rings. The number of Topliss-reactive ketones (excluding diaryl/α,β-unsaturated/α-hetero) is 1. The van der Waals surface area contributed by atoms with Gasteiger partial charge in [-0.25, -0.2) is 4.98 Å². The maximum absolute atomic E-state index is 13.4. The van der Waals surface area contributed by atoms with Gasteiger partial charge in [0.15, 0.2) is 0 Å². The average Bonchev–Trinajstić information content (AvgIpc) is 3.26. The topological polar surface area (TPSA) is 113 Å². The first-order valence-electron chi connectivity index (χ1n) is 12.9. The molecule has 3 unspecified atom stereocenters. The smallest absolute Gasteiger partial charge is 0.307 e. The first kappa shape index (κ1) is 28.5. The molecule has 0 bridgehead atoms. The fraction of sp³-hybridized carbons (Fsp3) is 0.714. The molecule has 7 nitrogen and oxygen atoms in total. The molecular weight excluding hydrogens is 476 g/mol. The van der Waals surface area contributed by atoms with Crippen LogP contribution in [0.5, 0.6) is 0 Å². The Morgan fingerprint density at radius 2 is 2.00 bits per heavy atom. The molecule has 0 aliphatic carbocycles. The Balaban J connectivity index is 1.89. The molecule has 2 fully saturated rings. The summed E-state index contributed by atoms with van der Waals surface area (Å²) < 4.78 is 12.0. The first-order chi connectivity index (χ1) is 16.8. The number of hydrogen-bond acceptors (Lipinski definition) is 8. The average molecular weight is 517 g/mol. The Bertz CT molecular complexity index is 1040. The number of epoxide rings is 1. The van der Waals surface area contributed by atoms with Crippen molar-refractivity contribution in [1.29, 1.82) is 5.26 Å². The van der Waals surface area contributed by atoms with Crippen LogP contribution in [-0.4, -0.2) is 45.8 Å². The van der Waals surface area contributed by atoms with E-state index in [1.807, 2.05) is 32.2 Å². The number of aryl methyl sites for hydroxylation is 1. The number of carbonyl (C=O) groups excluding carboxylic acids is 2. The number of cyclic esters (lactones) is 1. The highest BCUT2D eigenvalue weighted by Crippen LogP contribution is 2.45. The van der Waals surface area contributed by atoms with Gasteiger partial charge in [0, 0.05) is 23.1 Å². The lowest BCUT2D eigenvalue weighted by Crippen LogP contribution is -2.43. The zero-order chi connectivity index (χ0) is 26.8. The third-order valence-corrected chi connectivity index (χ3v) is 8.92. The number of ketones is 1. The van der Waals surface area contributed by atoms with Gasteiger partial charge in [-0.1, -0.05) is 34.1 Å². The van der Waals surface area contributed by atoms with Gasteiger partial charge in [-0.2, -0.15) is 5.26 Å². The number of aromatic nitrogens is 1. The summed E-state index contributed by atoms with van der Waals surface area (Å²) >= 11 is 1.56. The lowest BCUT2D eigenvalue weighted by Gasteiger charge is -2.34. The van der Waals surface area contributed by atoms with Gasteiger partial charge >= 0.3 is 5.97 Å². The number of carbonyl (C=O) groups is 2. The number of aliphatic hydroxyl groups excluding tert-OH is 1. The van der Waals surface area contributed by atoms with Crippen LogP contribution in [0.25, 0.3) is 6.08 Å². The van der Waals surface area contributed by atoms with Crippen LogP contribution in [0.1, 0.15) is 84.3 Å². The van der Waals surface area contributed by atoms with Crippen molar-refractivity contribution >= 4 is 29.2 Å². The first-order valence-corrected chi connectivity index (χ1v) is 13.8. The predicted octanol–water partition coefficient (Wildman–Crippen LogP) is 5.26. The van der Waals surface area contributed by atoms with E-state index in [2.05, 4.69) is 18.0 Å². The van der Waals surface area contributed by atoms with Gasteiger partial charge in [-0.3, -0.25) is 9.59 Å². The molecule has 2 saturated heterocycles. The molecule has 1 N–H and O–H groups in total. The minimum Gasteiger partial charge on any atom is -0.458 e. The maximum atomic E-state index is 13.4. The molecular formula is C28H40N2O5S. The number of thiazole rings is 1. The fourth-order valence-electron chi connectivity index (χ4n) is 5.29. The quantitative estimate of drug-likeness (QED) is 0.421. The number of nitriles is 1. The number of rotatable bonds is 2. The molecule has 198 valence electrons. The second-order valence-electron chi connectivity index (χ2n) is 11.4. The monoisotopic (exact) mass is 516 g/mol. The second kappa shape index (κ2) is 11.1. The number of aliphatic hydroxyl groups is 1. The van der Waals surface area contributed by atoms with Crippen molar-refractivity contribution in [1.82, 2.24) is 4.98 Å². The highest BCUT2D eigenvalue weighted by atomic mass is 32.1. The predicted molar refractivity (Wildman–Crippen MR) is 139 cm³/mol. The molecule has 8 heteroatoms. The Morgan fingerprint density at radius 1 is 1.31 bits per heavy atom. The molecule has 7 atom stereocenters. The van der Waals surface area contributed by atoms with Crippen LogP contribution in [0, 0.1) is 41.4 Å². The Labute approximate surface area is 218 Å². The normalized spacial score (nSPS) is 36.5. The third-order valence-electron chi connectivity index (χ3n) is 8.13. The summed E-state index contributed by atoms with van der Waals surface area (Å²) in [6, 6.07) is 2.16. The SMILES string of the molecule is C/C(=C\c1csc(C)n1)C1C[C@@H]2OC2(C)CCC[C@H](C)[C@H](O)[C@@H](C)C(=O)C(C)(C)C(C#N)CC(=O)O1. The van der Waals surface area contributed by atoms with Crippen molar-refractivity contribution in [2.24, 2.45) is 23.2 Å². The molecule has 0 amide bonds. The third kappa shape index (κ3) is 6.42. The summed E-state index contributed by atoms with van der Waals surface area (Å²) in [5, 5.41) is 23.7. The summed E-state index contributed by atoms with van der Waals surface area (Å²) in [4.78, 5) is 31.0. The molecule has 1 aromatic heterocycles. The molecule has 0 saturated carbocycles. The van der Waals surface area contributed by atoms with E-state index in [1.165, 1.54) is 0 Å². The lowest BCUT2D eigenvalue weighted by molar-refractivity contribution is -0.150. The maximum Gasteiger partial charge on any atom is 0.307 e. The fourth-order valence-corrected chi connectivity index (χ4v) is 5.86. The van der Waals surface area contributed by atoms with Crippen LogP contribution >= 0.6 is 11.3 Å². The van der Waals surface area contributed by atoms with Crippen molar-refractivity contribution in [2.75, 3.05) is 0 Å². The molecule has 0 radical (unpaired) electrons. The van der Waals surface area contributed by atoms with E-state index in [0.29, 0.717) is 6.42 Å². The van der Waals surface area contributed by atoms with E-state index < -0.39 is 35.4 Å². The minimum absolute atomic E-state index is 0.0485. The molecule has 3 rings (SSSR count). The number of ether oxygens (including phenoxy) is 2. The van der Waals surface area contributed by atoms with E-state index in [4.69, 9.17) is 9.47 Å². The van der Waals surface area contributed by atoms with Crippen LogP contribution in [0.3, 0.4) is 0 Å². The summed E-state index contributed by atoms with van der Waals surface area (Å²) in [5.41, 5.74) is 0.270. The van der Waals surface area contributed by atoms with Crippen molar-refractivity contribution < 1.29 is 24.2 Å². The van der Waals surface area contributed by atoms with E-state index in [0.717, 1.165) is 35.5 Å². The molecule has 2 aliphatic heterocycles. The zero-order valence-corrected chi connectivity index (χ0v) is 23.4. The van der Waals surface area contributed by atoms with Crippen LogP contribution in [0.4, 0.5) is 0 Å². The van der Waals surface area contributed by atoms with Crippen molar-refractivity contribution in [3.63, 3.8) is 0 Å². The minimum atomic E-state index is -1.11. The van der Waals surface area contributed by atoms with Crippen LogP contribution in [-0.2, 0) is 19.1 Å². The number of esters is 1. The van der Waals surface area contributed by atoms with E-state index >= 15 is 0 Å². The van der Waals surface area contributed by atoms with Crippen molar-refractivity contribution in [3.05, 3.63) is 21.7 Å². The molecule has 0 spiro atoms. The van der Waals surface area contributed by atoms with Gasteiger partial charge in [-0.15, -0.1) is 11.3 Å². The van der Waals surface area contributed by atoms with Gasteiger partial charge in [-0.05, 0) is 51.2 Å². The van der Waals surface area contributed by atoms with Gasteiger partial charge < -0.3 is 14.6 Å². The Hall–Kier alpha value is -2.08. The van der Waals surface area contributed by atoms with Gasteiger partial charge in [0.05, 0.1) is 46.9 Å². The molecule has 3 heterocycles. The van der Waals surface area contributed by atoms with E-state index in [9.17, 15) is 20.0 Å². The number of hydrogen-bond donors (Lipinski definition) is 1. The molecule has 0 aromatic carbocycles. The van der Waals surface area contributed by atoms with E-state index in [-0.39, 0.29) is 29.8 Å². The van der Waals surface area contributed by atoms with Crippen LogP contribution < -0.4 is 0 Å². The summed E-state index contributed by atoms with van der Waals surface area (Å²) in [6.45, 7) is 13.0. The Morgan fingerprint density at radius 3 is 2.61 bits per heavy atom. The van der Waals surface area contributed by atoms with Crippen LogP contribution in [0.15, 0.2) is 11.0 Å². The van der Waals surface area contributed by atoms with Gasteiger partial charge in [0.25, 0.3) is 0 Å². The van der Waals surface area contributed by atoms with Crippen molar-refractivity contribution in [3.8, 4) is 6.07 Å². The largest absolute Gasteiger partial charge is 0.458 e. The van der Waals surface area contributed by atoms with Gasteiger partial charge in [0.1, 0.15) is 11.9 Å². The summed E-state index contributed by atoms with van der Waals surface area (Å²) in [7, 11) is 0. The summed E-state index contributed by atoms with van der Waals surface area (Å²) in [6.07, 6.45) is 3.32. The van der Waals surface area contributed by atoms with Crippen LogP contribution in [0.2, 0.25) is 0 Å². The van der Waals surface area contributed by atoms with Crippen molar-refractivity contribution in [2.45, 2.75) is 104 Å². The summed E-state index contributed by atoms with van der Waals surface area (Å²) in [5.74, 6) is -2.32. The van der Waals surface area contributed by atoms with Gasteiger partial charge in [0.2, 0.25) is 0 Å². The zero-order valence-electron chi connectivity index (χ0n) is 22.5. The highest BCUT2D eigenvalue weighted by Gasteiger charge is 2.53. The number of fused-ring (bicyclic) bond motifs is 1.